The highest BCUT2D eigenvalue weighted by molar-refractivity contribution is 6.13. The first-order chi connectivity index (χ1) is 14.7. The molecule has 3 aromatic rings. The van der Waals surface area contributed by atoms with E-state index in [1.807, 2.05) is 57.2 Å². The molecule has 0 aromatic heterocycles. The smallest absolute Gasteiger partial charge is 0.259 e. The molecular weight excluding hydrogens is 388 g/mol. The van der Waals surface area contributed by atoms with E-state index in [1.165, 1.54) is 0 Å². The summed E-state index contributed by atoms with van der Waals surface area (Å²) in [7, 11) is 0. The second-order valence-corrected chi connectivity index (χ2v) is 7.81. The lowest BCUT2D eigenvalue weighted by atomic mass is 9.91. The molecule has 3 rings (SSSR count). The molecule has 0 aliphatic rings. The quantitative estimate of drug-likeness (QED) is 0.417. The molecule has 0 radical (unpaired) electrons. The number of anilines is 3. The number of carbonyl (C=O) groups is 2. The van der Waals surface area contributed by atoms with Crippen molar-refractivity contribution in [3.8, 4) is 5.75 Å². The number of nitrogens with one attached hydrogen (secondary N) is 2. The van der Waals surface area contributed by atoms with Crippen LogP contribution in [-0.2, 0) is 0 Å². The van der Waals surface area contributed by atoms with Gasteiger partial charge in [-0.2, -0.15) is 0 Å². The number of aryl methyl sites for hydroxylation is 2. The zero-order valence-corrected chi connectivity index (χ0v) is 18.6. The normalized spacial score (nSPS) is 10.6. The molecule has 31 heavy (non-hydrogen) atoms. The van der Waals surface area contributed by atoms with Gasteiger partial charge in [0.2, 0.25) is 0 Å². The van der Waals surface area contributed by atoms with Gasteiger partial charge in [0, 0.05) is 17.8 Å². The van der Waals surface area contributed by atoms with Gasteiger partial charge in [0.25, 0.3) is 5.91 Å². The van der Waals surface area contributed by atoms with Gasteiger partial charge in [-0.3, -0.25) is 9.59 Å². The minimum absolute atomic E-state index is 0.115. The van der Waals surface area contributed by atoms with Crippen molar-refractivity contribution in [2.45, 2.75) is 41.0 Å². The molecule has 0 aliphatic heterocycles. The predicted octanol–water partition coefficient (Wildman–Crippen LogP) is 6.21. The fraction of sp³-hybridized carbons (Fsp3) is 0.231. The summed E-state index contributed by atoms with van der Waals surface area (Å²) in [5, 5.41) is 17.2. The molecule has 0 saturated heterocycles. The molecule has 0 heterocycles. The van der Waals surface area contributed by atoms with Gasteiger partial charge in [0.05, 0.1) is 16.8 Å². The Kier molecular flexibility index (Phi) is 6.44. The maximum absolute atomic E-state index is 13.1. The Hall–Kier alpha value is -3.60. The number of rotatable bonds is 6. The second-order valence-electron chi connectivity index (χ2n) is 7.81. The van der Waals surface area contributed by atoms with Crippen molar-refractivity contribution in [2.24, 2.45) is 0 Å². The summed E-state index contributed by atoms with van der Waals surface area (Å²) >= 11 is 0. The number of hydrogen-bond donors (Lipinski definition) is 3. The fourth-order valence-electron chi connectivity index (χ4n) is 3.48. The number of phenolic OH excluding ortho intramolecular Hbond substituents is 1. The van der Waals surface area contributed by atoms with E-state index >= 15 is 0 Å². The van der Waals surface area contributed by atoms with Crippen molar-refractivity contribution in [3.05, 3.63) is 81.9 Å². The third kappa shape index (κ3) is 4.61. The second kappa shape index (κ2) is 9.04. The van der Waals surface area contributed by atoms with E-state index in [0.29, 0.717) is 16.9 Å². The Morgan fingerprint density at radius 1 is 0.774 bits per heavy atom. The van der Waals surface area contributed by atoms with E-state index in [2.05, 4.69) is 10.6 Å². The minimum Gasteiger partial charge on any atom is -0.506 e. The lowest BCUT2D eigenvalue weighted by molar-refractivity contribution is 0.0986. The highest BCUT2D eigenvalue weighted by Crippen LogP contribution is 2.39. The van der Waals surface area contributed by atoms with E-state index in [4.69, 9.17) is 0 Å². The lowest BCUT2D eigenvalue weighted by Crippen LogP contribution is -2.17. The van der Waals surface area contributed by atoms with Crippen LogP contribution in [0.1, 0.15) is 56.3 Å². The van der Waals surface area contributed by atoms with Gasteiger partial charge < -0.3 is 15.7 Å². The average Bonchev–Trinajstić information content (AvgIpc) is 2.74. The van der Waals surface area contributed by atoms with E-state index in [0.717, 1.165) is 22.4 Å². The maximum atomic E-state index is 13.1. The van der Waals surface area contributed by atoms with Crippen molar-refractivity contribution < 1.29 is 14.7 Å². The van der Waals surface area contributed by atoms with Gasteiger partial charge in [0.1, 0.15) is 5.75 Å². The van der Waals surface area contributed by atoms with E-state index in [-0.39, 0.29) is 29.1 Å². The summed E-state index contributed by atoms with van der Waals surface area (Å²) in [6.07, 6.45) is 0.206. The first kappa shape index (κ1) is 22.1. The van der Waals surface area contributed by atoms with E-state index in [1.54, 1.807) is 26.0 Å². The van der Waals surface area contributed by atoms with Crippen LogP contribution in [0.4, 0.5) is 17.1 Å². The first-order valence-corrected chi connectivity index (χ1v) is 10.3. The maximum Gasteiger partial charge on any atom is 0.259 e. The summed E-state index contributed by atoms with van der Waals surface area (Å²) in [5.41, 5.74) is 5.76. The Balaban J connectivity index is 2.09. The zero-order valence-electron chi connectivity index (χ0n) is 18.6. The molecule has 0 aliphatic carbocycles. The Bertz CT molecular complexity index is 1130. The summed E-state index contributed by atoms with van der Waals surface area (Å²) in [4.78, 5) is 25.9. The Morgan fingerprint density at radius 2 is 1.29 bits per heavy atom. The summed E-state index contributed by atoms with van der Waals surface area (Å²) < 4.78 is 0. The zero-order chi connectivity index (χ0) is 22.7. The number of benzene rings is 3. The van der Waals surface area contributed by atoms with Crippen LogP contribution >= 0.6 is 0 Å². The molecular formula is C26H28N2O3. The number of ketones is 1. The molecule has 3 aromatic carbocycles. The number of carbonyl (C=O) groups excluding carboxylic acids is 2. The monoisotopic (exact) mass is 416 g/mol. The summed E-state index contributed by atoms with van der Waals surface area (Å²) in [5.74, 6) is -0.984. The molecule has 0 bridgehead atoms. The van der Waals surface area contributed by atoms with Crippen LogP contribution in [0.3, 0.4) is 0 Å². The molecule has 160 valence electrons. The topological polar surface area (TPSA) is 78.4 Å². The van der Waals surface area contributed by atoms with Gasteiger partial charge in [-0.15, -0.1) is 0 Å². The van der Waals surface area contributed by atoms with Crippen LogP contribution < -0.4 is 10.6 Å². The molecule has 0 atom stereocenters. The third-order valence-electron chi connectivity index (χ3n) is 5.49. The average molecular weight is 417 g/mol. The van der Waals surface area contributed by atoms with Gasteiger partial charge in [-0.25, -0.2) is 0 Å². The van der Waals surface area contributed by atoms with Gasteiger partial charge in [0.15, 0.2) is 5.78 Å². The number of amides is 1. The van der Waals surface area contributed by atoms with Crippen LogP contribution in [0.25, 0.3) is 0 Å². The minimum atomic E-state index is -0.450. The number of hydrogen-bond acceptors (Lipinski definition) is 4. The largest absolute Gasteiger partial charge is 0.506 e. The Morgan fingerprint density at radius 3 is 1.81 bits per heavy atom. The standard InChI is InChI=1S/C26H28N2O3/c1-6-21(29)23-24(27-19-11-7-15(2)8-12-19)18(5)17(4)22(25(23)30)26(31)28-20-13-9-16(3)10-14-20/h7-14,27,30H,6H2,1-5H3,(H,28,31). The molecule has 5 nitrogen and oxygen atoms in total. The molecule has 0 saturated carbocycles. The molecule has 0 fully saturated rings. The van der Waals surface area contributed by atoms with Crippen LogP contribution in [0.5, 0.6) is 5.75 Å². The molecule has 5 heteroatoms. The highest BCUT2D eigenvalue weighted by atomic mass is 16.3. The fourth-order valence-corrected chi connectivity index (χ4v) is 3.48. The van der Waals surface area contributed by atoms with Gasteiger partial charge in [-0.1, -0.05) is 42.3 Å². The van der Waals surface area contributed by atoms with E-state index < -0.39 is 5.91 Å². The van der Waals surface area contributed by atoms with Crippen molar-refractivity contribution in [1.29, 1.82) is 0 Å². The summed E-state index contributed by atoms with van der Waals surface area (Å²) in [6, 6.07) is 15.2. The van der Waals surface area contributed by atoms with Crippen molar-refractivity contribution in [2.75, 3.05) is 10.6 Å². The number of phenols is 1. The first-order valence-electron chi connectivity index (χ1n) is 10.3. The predicted molar refractivity (Wildman–Crippen MR) is 126 cm³/mol. The summed E-state index contributed by atoms with van der Waals surface area (Å²) in [6.45, 7) is 9.32. The molecule has 3 N–H and O–H groups in total. The Labute approximate surface area is 183 Å². The molecule has 1 amide bonds. The molecule has 0 unspecified atom stereocenters. The van der Waals surface area contributed by atoms with E-state index in [9.17, 15) is 14.7 Å². The van der Waals surface area contributed by atoms with Crippen molar-refractivity contribution in [3.63, 3.8) is 0 Å². The van der Waals surface area contributed by atoms with Crippen LogP contribution in [0.2, 0.25) is 0 Å². The van der Waals surface area contributed by atoms with Gasteiger partial charge in [-0.05, 0) is 63.1 Å². The lowest BCUT2D eigenvalue weighted by Gasteiger charge is -2.21. The third-order valence-corrected chi connectivity index (χ3v) is 5.49. The van der Waals surface area contributed by atoms with Crippen molar-refractivity contribution >= 4 is 28.8 Å². The van der Waals surface area contributed by atoms with Crippen molar-refractivity contribution in [1.82, 2.24) is 0 Å². The number of Topliss-reactive ketones (excluding diaryl/α,β-unsaturated/α-hetero) is 1. The molecule has 0 spiro atoms. The number of aromatic hydroxyl groups is 1. The SMILES string of the molecule is CCC(=O)c1c(O)c(C(=O)Nc2ccc(C)cc2)c(C)c(C)c1Nc1ccc(C)cc1. The van der Waals surface area contributed by atoms with Crippen LogP contribution in [0, 0.1) is 27.7 Å². The highest BCUT2D eigenvalue weighted by Gasteiger charge is 2.27. The van der Waals surface area contributed by atoms with Crippen LogP contribution in [0.15, 0.2) is 48.5 Å². The van der Waals surface area contributed by atoms with Gasteiger partial charge >= 0.3 is 0 Å². The van der Waals surface area contributed by atoms with Crippen LogP contribution in [-0.4, -0.2) is 16.8 Å².